The molecule has 118 valence electrons. The largest absolute Gasteiger partial charge is 0.324 e. The lowest BCUT2D eigenvalue weighted by Crippen LogP contribution is -2.51. The molecule has 21 heavy (non-hydrogen) atoms. The molecule has 1 saturated heterocycles. The summed E-state index contributed by atoms with van der Waals surface area (Å²) in [6.45, 7) is 6.73. The third kappa shape index (κ3) is 4.67. The Morgan fingerprint density at radius 1 is 1.43 bits per heavy atom. The number of hydrogen-bond donors (Lipinski definition) is 1. The van der Waals surface area contributed by atoms with E-state index in [9.17, 15) is 0 Å². The maximum Gasteiger partial charge on any atom is 0.0464 e. The Hall–Kier alpha value is -0.130. The lowest BCUT2D eigenvalue weighted by molar-refractivity contribution is 0.0911. The normalized spacial score (nSPS) is 22.4. The van der Waals surface area contributed by atoms with E-state index in [1.165, 1.54) is 6.42 Å². The first-order valence-electron chi connectivity index (χ1n) is 7.64. The highest BCUT2D eigenvalue weighted by Crippen LogP contribution is 2.27. The van der Waals surface area contributed by atoms with Crippen LogP contribution in [0.4, 0.5) is 0 Å². The van der Waals surface area contributed by atoms with Crippen LogP contribution >= 0.6 is 27.5 Å². The van der Waals surface area contributed by atoms with E-state index in [1.54, 1.807) is 0 Å². The summed E-state index contributed by atoms with van der Waals surface area (Å²) in [7, 11) is 2.22. The highest BCUT2D eigenvalue weighted by atomic mass is 79.9. The molecule has 2 atom stereocenters. The molecule has 1 heterocycles. The molecule has 0 aliphatic carbocycles. The smallest absolute Gasteiger partial charge is 0.0464 e. The second kappa shape index (κ2) is 7.93. The first-order valence-corrected chi connectivity index (χ1v) is 8.81. The third-order valence-electron chi connectivity index (χ3n) is 4.45. The van der Waals surface area contributed by atoms with Gasteiger partial charge in [-0.15, -0.1) is 0 Å². The molecule has 5 heteroatoms. The minimum Gasteiger partial charge on any atom is -0.324 e. The molecule has 0 radical (unpaired) electrons. The van der Waals surface area contributed by atoms with Gasteiger partial charge in [-0.3, -0.25) is 0 Å². The van der Waals surface area contributed by atoms with Crippen molar-refractivity contribution in [1.29, 1.82) is 0 Å². The number of nitrogens with two attached hydrogens (primary N) is 1. The van der Waals surface area contributed by atoms with Crippen LogP contribution in [0.2, 0.25) is 5.02 Å². The lowest BCUT2D eigenvalue weighted by atomic mass is 10.0. The molecule has 2 N–H and O–H groups in total. The van der Waals surface area contributed by atoms with Crippen LogP contribution in [0, 0.1) is 0 Å². The molecule has 1 fully saturated rings. The fraction of sp³-hybridized carbons (Fsp3) is 0.625. The third-order valence-corrected chi connectivity index (χ3v) is 5.27. The van der Waals surface area contributed by atoms with Gasteiger partial charge in [0.1, 0.15) is 0 Å². The Bertz CT molecular complexity index is 469. The van der Waals surface area contributed by atoms with E-state index in [1.807, 2.05) is 18.2 Å². The van der Waals surface area contributed by atoms with Gasteiger partial charge in [0.15, 0.2) is 0 Å². The summed E-state index contributed by atoms with van der Waals surface area (Å²) in [6.07, 6.45) is 2.15. The van der Waals surface area contributed by atoms with Crippen LogP contribution in [0.15, 0.2) is 22.7 Å². The monoisotopic (exact) mass is 373 g/mol. The molecule has 1 aromatic rings. The molecular formula is C16H25BrClN3. The maximum absolute atomic E-state index is 6.32. The average molecular weight is 375 g/mol. The van der Waals surface area contributed by atoms with E-state index in [-0.39, 0.29) is 6.04 Å². The number of likely N-dealkylation sites (N-methyl/N-ethyl adjacent to an activating group) is 1. The molecule has 1 aromatic carbocycles. The Morgan fingerprint density at radius 2 is 2.19 bits per heavy atom. The van der Waals surface area contributed by atoms with Crippen molar-refractivity contribution in [2.24, 2.45) is 5.73 Å². The summed E-state index contributed by atoms with van der Waals surface area (Å²) in [5.74, 6) is 0. The van der Waals surface area contributed by atoms with Crippen LogP contribution in [-0.2, 0) is 0 Å². The Labute approximate surface area is 141 Å². The van der Waals surface area contributed by atoms with Crippen LogP contribution in [0.5, 0.6) is 0 Å². The summed E-state index contributed by atoms with van der Waals surface area (Å²) >= 11 is 9.71. The van der Waals surface area contributed by atoms with Gasteiger partial charge in [-0.25, -0.2) is 0 Å². The van der Waals surface area contributed by atoms with Gasteiger partial charge >= 0.3 is 0 Å². The first kappa shape index (κ1) is 17.2. The maximum atomic E-state index is 6.32. The zero-order valence-corrected chi connectivity index (χ0v) is 15.2. The van der Waals surface area contributed by atoms with Crippen LogP contribution in [-0.4, -0.2) is 49.1 Å². The van der Waals surface area contributed by atoms with Crippen molar-refractivity contribution in [2.45, 2.75) is 31.8 Å². The lowest BCUT2D eigenvalue weighted by Gasteiger charge is -2.39. The van der Waals surface area contributed by atoms with E-state index in [4.69, 9.17) is 17.3 Å². The fourth-order valence-electron chi connectivity index (χ4n) is 2.93. The molecule has 0 spiro atoms. The predicted octanol–water partition coefficient (Wildman–Crippen LogP) is 3.52. The SMILES string of the molecule is CCC1CN(CCC(N)c2ccc(Br)cc2Cl)CCN1C. The van der Waals surface area contributed by atoms with Crippen molar-refractivity contribution in [3.8, 4) is 0 Å². The highest BCUT2D eigenvalue weighted by molar-refractivity contribution is 9.10. The van der Waals surface area contributed by atoms with Gasteiger partial charge < -0.3 is 15.5 Å². The second-order valence-corrected chi connectivity index (χ2v) is 7.23. The summed E-state index contributed by atoms with van der Waals surface area (Å²) in [6, 6.07) is 6.62. The molecule has 2 rings (SSSR count). The zero-order valence-electron chi connectivity index (χ0n) is 12.9. The average Bonchev–Trinajstić information content (AvgIpc) is 2.46. The van der Waals surface area contributed by atoms with E-state index in [0.717, 1.165) is 47.7 Å². The molecular weight excluding hydrogens is 350 g/mol. The number of rotatable bonds is 5. The molecule has 2 unspecified atom stereocenters. The van der Waals surface area contributed by atoms with Gasteiger partial charge in [0.2, 0.25) is 0 Å². The van der Waals surface area contributed by atoms with Gasteiger partial charge in [-0.1, -0.05) is 40.5 Å². The fourth-order valence-corrected chi connectivity index (χ4v) is 3.75. The molecule has 0 amide bonds. The number of nitrogens with zero attached hydrogens (tertiary/aromatic N) is 2. The van der Waals surface area contributed by atoms with Gasteiger partial charge in [-0.05, 0) is 37.6 Å². The van der Waals surface area contributed by atoms with Crippen molar-refractivity contribution in [2.75, 3.05) is 33.2 Å². The van der Waals surface area contributed by atoms with Crippen LogP contribution in [0.1, 0.15) is 31.4 Å². The summed E-state index contributed by atoms with van der Waals surface area (Å²) in [5.41, 5.74) is 7.36. The number of halogens is 2. The van der Waals surface area contributed by atoms with Crippen molar-refractivity contribution in [1.82, 2.24) is 9.80 Å². The van der Waals surface area contributed by atoms with Crippen LogP contribution < -0.4 is 5.73 Å². The van der Waals surface area contributed by atoms with E-state index >= 15 is 0 Å². The minimum absolute atomic E-state index is 0.00494. The highest BCUT2D eigenvalue weighted by Gasteiger charge is 2.23. The molecule has 1 aliphatic heterocycles. The standard InChI is InChI=1S/C16H25BrClN3/c1-3-13-11-21(9-8-20(13)2)7-6-16(19)14-5-4-12(17)10-15(14)18/h4-5,10,13,16H,3,6-9,11,19H2,1-2H3. The predicted molar refractivity (Wildman–Crippen MR) is 93.8 cm³/mol. The minimum atomic E-state index is 0.00494. The van der Waals surface area contributed by atoms with Crippen molar-refractivity contribution in [3.63, 3.8) is 0 Å². The van der Waals surface area contributed by atoms with Crippen molar-refractivity contribution >= 4 is 27.5 Å². The van der Waals surface area contributed by atoms with Crippen molar-refractivity contribution < 1.29 is 0 Å². The Morgan fingerprint density at radius 3 is 2.86 bits per heavy atom. The first-order chi connectivity index (χ1) is 10.0. The summed E-state index contributed by atoms with van der Waals surface area (Å²) in [5, 5.41) is 0.752. The van der Waals surface area contributed by atoms with E-state index in [0.29, 0.717) is 6.04 Å². The summed E-state index contributed by atoms with van der Waals surface area (Å²) in [4.78, 5) is 4.99. The number of piperazine rings is 1. The second-order valence-electron chi connectivity index (χ2n) is 5.90. The van der Waals surface area contributed by atoms with Gasteiger partial charge in [0, 0.05) is 47.8 Å². The van der Waals surface area contributed by atoms with E-state index < -0.39 is 0 Å². The molecule has 0 saturated carbocycles. The topological polar surface area (TPSA) is 32.5 Å². The summed E-state index contributed by atoms with van der Waals surface area (Å²) < 4.78 is 0.994. The van der Waals surface area contributed by atoms with Gasteiger partial charge in [0.05, 0.1) is 0 Å². The van der Waals surface area contributed by atoms with Gasteiger partial charge in [-0.2, -0.15) is 0 Å². The van der Waals surface area contributed by atoms with Crippen LogP contribution in [0.25, 0.3) is 0 Å². The molecule has 1 aliphatic rings. The van der Waals surface area contributed by atoms with Gasteiger partial charge in [0.25, 0.3) is 0 Å². The quantitative estimate of drug-likeness (QED) is 0.856. The molecule has 0 bridgehead atoms. The molecule has 3 nitrogen and oxygen atoms in total. The Kier molecular flexibility index (Phi) is 6.51. The van der Waals surface area contributed by atoms with Crippen molar-refractivity contribution in [3.05, 3.63) is 33.3 Å². The Balaban J connectivity index is 1.87. The number of hydrogen-bond acceptors (Lipinski definition) is 3. The van der Waals surface area contributed by atoms with E-state index in [2.05, 4.69) is 39.7 Å². The van der Waals surface area contributed by atoms with Crippen LogP contribution in [0.3, 0.4) is 0 Å². The molecule has 0 aromatic heterocycles. The number of benzene rings is 1. The zero-order chi connectivity index (χ0) is 15.4.